The molecule has 0 spiro atoms. The zero-order valence-corrected chi connectivity index (χ0v) is 15.5. The minimum atomic E-state index is 0.337. The zero-order valence-electron chi connectivity index (χ0n) is 14.0. The van der Waals surface area contributed by atoms with Crippen molar-refractivity contribution in [2.24, 2.45) is 11.3 Å². The number of benzene rings is 1. The van der Waals surface area contributed by atoms with Crippen LogP contribution >= 0.6 is 23.2 Å². The van der Waals surface area contributed by atoms with Gasteiger partial charge in [-0.15, -0.1) is 0 Å². The smallest absolute Gasteiger partial charge is 0.0595 e. The van der Waals surface area contributed by atoms with Crippen molar-refractivity contribution in [3.05, 3.63) is 33.8 Å². The van der Waals surface area contributed by atoms with Gasteiger partial charge in [0.05, 0.1) is 10.0 Å². The summed E-state index contributed by atoms with van der Waals surface area (Å²) in [5.74, 6) is 0.662. The molecule has 0 aliphatic rings. The molecule has 0 radical (unpaired) electrons. The van der Waals surface area contributed by atoms with Crippen molar-refractivity contribution in [3.63, 3.8) is 0 Å². The van der Waals surface area contributed by atoms with Gasteiger partial charge in [-0.1, -0.05) is 63.9 Å². The van der Waals surface area contributed by atoms with Gasteiger partial charge in [-0.2, -0.15) is 0 Å². The zero-order chi connectivity index (χ0) is 16.0. The second kappa shape index (κ2) is 8.41. The average Bonchev–Trinajstić information content (AvgIpc) is 2.39. The van der Waals surface area contributed by atoms with Gasteiger partial charge < -0.3 is 5.32 Å². The third-order valence-corrected chi connectivity index (χ3v) is 5.00. The first-order valence-corrected chi connectivity index (χ1v) is 8.67. The van der Waals surface area contributed by atoms with E-state index in [0.717, 1.165) is 19.4 Å². The van der Waals surface area contributed by atoms with Crippen LogP contribution in [0, 0.1) is 11.3 Å². The van der Waals surface area contributed by atoms with Gasteiger partial charge in [0.25, 0.3) is 0 Å². The molecule has 0 aliphatic carbocycles. The van der Waals surface area contributed by atoms with E-state index in [1.807, 2.05) is 12.1 Å². The highest BCUT2D eigenvalue weighted by Crippen LogP contribution is 2.30. The topological polar surface area (TPSA) is 12.0 Å². The Morgan fingerprint density at radius 2 is 1.81 bits per heavy atom. The lowest BCUT2D eigenvalue weighted by Crippen LogP contribution is -2.35. The summed E-state index contributed by atoms with van der Waals surface area (Å²) < 4.78 is 0. The quantitative estimate of drug-likeness (QED) is 0.649. The van der Waals surface area contributed by atoms with Crippen molar-refractivity contribution in [3.8, 4) is 0 Å². The van der Waals surface area contributed by atoms with Crippen LogP contribution in [-0.4, -0.2) is 12.6 Å². The van der Waals surface area contributed by atoms with E-state index in [2.05, 4.69) is 46.0 Å². The minimum absolute atomic E-state index is 0.337. The molecule has 0 saturated carbocycles. The molecule has 1 aromatic carbocycles. The lowest BCUT2D eigenvalue weighted by molar-refractivity contribution is 0.222. The molecule has 1 aromatic rings. The van der Waals surface area contributed by atoms with Gasteiger partial charge in [0.15, 0.2) is 0 Å². The van der Waals surface area contributed by atoms with Gasteiger partial charge >= 0.3 is 0 Å². The Morgan fingerprint density at radius 1 is 1.14 bits per heavy atom. The fourth-order valence-corrected chi connectivity index (χ4v) is 2.64. The Balaban J connectivity index is 2.75. The van der Waals surface area contributed by atoms with Crippen LogP contribution in [0.2, 0.25) is 10.0 Å². The summed E-state index contributed by atoms with van der Waals surface area (Å²) in [5, 5.41) is 4.95. The van der Waals surface area contributed by atoms with E-state index in [1.165, 1.54) is 12.0 Å². The predicted molar refractivity (Wildman–Crippen MR) is 95.5 cm³/mol. The molecule has 0 fully saturated rings. The van der Waals surface area contributed by atoms with E-state index < -0.39 is 0 Å². The van der Waals surface area contributed by atoms with Crippen molar-refractivity contribution < 1.29 is 0 Å². The van der Waals surface area contributed by atoms with Crippen LogP contribution in [0.15, 0.2) is 18.2 Å². The van der Waals surface area contributed by atoms with Gasteiger partial charge in [-0.05, 0) is 54.8 Å². The normalized spacial score (nSPS) is 15.0. The first-order valence-electron chi connectivity index (χ1n) is 7.91. The number of nitrogens with one attached hydrogen (secondary N) is 1. The van der Waals surface area contributed by atoms with Crippen molar-refractivity contribution in [2.45, 2.75) is 59.9 Å². The Bertz CT molecular complexity index is 437. The number of hydrogen-bond acceptors (Lipinski definition) is 1. The second-order valence-corrected chi connectivity index (χ2v) is 7.92. The van der Waals surface area contributed by atoms with Crippen LogP contribution in [-0.2, 0) is 6.42 Å². The van der Waals surface area contributed by atoms with E-state index in [1.54, 1.807) is 0 Å². The highest BCUT2D eigenvalue weighted by atomic mass is 35.5. The molecule has 1 nitrogen and oxygen atoms in total. The average molecular weight is 330 g/mol. The number of rotatable bonds is 7. The summed E-state index contributed by atoms with van der Waals surface area (Å²) in [5.41, 5.74) is 1.59. The summed E-state index contributed by atoms with van der Waals surface area (Å²) in [6.45, 7) is 12.5. The van der Waals surface area contributed by atoms with Crippen molar-refractivity contribution in [1.82, 2.24) is 5.32 Å². The fraction of sp³-hybridized carbons (Fsp3) is 0.667. The van der Waals surface area contributed by atoms with E-state index in [9.17, 15) is 0 Å². The van der Waals surface area contributed by atoms with Gasteiger partial charge in [-0.3, -0.25) is 0 Å². The number of halogens is 2. The first kappa shape index (κ1) is 18.8. The SMILES string of the molecule is CCCNC(Cc1ccc(Cl)c(Cl)c1)CC(C)C(C)(C)C. The molecule has 3 heteroatoms. The van der Waals surface area contributed by atoms with Gasteiger partial charge in [-0.25, -0.2) is 0 Å². The van der Waals surface area contributed by atoms with E-state index in [-0.39, 0.29) is 0 Å². The highest BCUT2D eigenvalue weighted by Gasteiger charge is 2.23. The van der Waals surface area contributed by atoms with E-state index >= 15 is 0 Å². The molecule has 21 heavy (non-hydrogen) atoms. The predicted octanol–water partition coefficient (Wildman–Crippen LogP) is 5.98. The molecule has 2 atom stereocenters. The molecule has 0 bridgehead atoms. The van der Waals surface area contributed by atoms with Crippen LogP contribution in [0.3, 0.4) is 0 Å². The third kappa shape index (κ3) is 6.59. The van der Waals surface area contributed by atoms with Crippen LogP contribution in [0.1, 0.15) is 53.0 Å². The summed E-state index contributed by atoms with van der Waals surface area (Å²) in [6, 6.07) is 6.45. The summed E-state index contributed by atoms with van der Waals surface area (Å²) >= 11 is 12.1. The molecule has 2 unspecified atom stereocenters. The molecule has 1 rings (SSSR count). The fourth-order valence-electron chi connectivity index (χ4n) is 2.32. The molecule has 0 saturated heterocycles. The van der Waals surface area contributed by atoms with Crippen molar-refractivity contribution in [1.29, 1.82) is 0 Å². The number of hydrogen-bond donors (Lipinski definition) is 1. The summed E-state index contributed by atoms with van der Waals surface area (Å²) in [7, 11) is 0. The van der Waals surface area contributed by atoms with Crippen LogP contribution < -0.4 is 5.32 Å². The maximum absolute atomic E-state index is 6.13. The Morgan fingerprint density at radius 3 is 2.33 bits per heavy atom. The molecule has 120 valence electrons. The molecular formula is C18H29Cl2N. The minimum Gasteiger partial charge on any atom is -0.314 e. The molecule has 1 N–H and O–H groups in total. The Hall–Kier alpha value is -0.240. The highest BCUT2D eigenvalue weighted by molar-refractivity contribution is 6.42. The van der Waals surface area contributed by atoms with Gasteiger partial charge in [0.2, 0.25) is 0 Å². The maximum Gasteiger partial charge on any atom is 0.0595 e. The molecule has 0 aromatic heterocycles. The standard InChI is InChI=1S/C18H29Cl2N/c1-6-9-21-15(10-13(2)18(3,4)5)11-14-7-8-16(19)17(20)12-14/h7-8,12-13,15,21H,6,9-11H2,1-5H3. The summed E-state index contributed by atoms with van der Waals surface area (Å²) in [6.07, 6.45) is 3.32. The molecule has 0 aliphatic heterocycles. The second-order valence-electron chi connectivity index (χ2n) is 7.11. The van der Waals surface area contributed by atoms with Crippen LogP contribution in [0.25, 0.3) is 0 Å². The van der Waals surface area contributed by atoms with Gasteiger partial charge in [0, 0.05) is 6.04 Å². The molecule has 0 amide bonds. The van der Waals surface area contributed by atoms with E-state index in [4.69, 9.17) is 23.2 Å². The largest absolute Gasteiger partial charge is 0.314 e. The maximum atomic E-state index is 6.13. The van der Waals surface area contributed by atoms with Crippen LogP contribution in [0.5, 0.6) is 0 Å². The molecule has 0 heterocycles. The third-order valence-electron chi connectivity index (χ3n) is 4.27. The monoisotopic (exact) mass is 329 g/mol. The lowest BCUT2D eigenvalue weighted by Gasteiger charge is -2.31. The lowest BCUT2D eigenvalue weighted by atomic mass is 9.78. The van der Waals surface area contributed by atoms with Crippen molar-refractivity contribution in [2.75, 3.05) is 6.54 Å². The Labute approximate surface area is 140 Å². The van der Waals surface area contributed by atoms with E-state index in [0.29, 0.717) is 27.4 Å². The molecular weight excluding hydrogens is 301 g/mol. The van der Waals surface area contributed by atoms with Gasteiger partial charge in [0.1, 0.15) is 0 Å². The first-order chi connectivity index (χ1) is 9.74. The summed E-state index contributed by atoms with van der Waals surface area (Å²) in [4.78, 5) is 0. The van der Waals surface area contributed by atoms with Crippen LogP contribution in [0.4, 0.5) is 0 Å². The van der Waals surface area contributed by atoms with Crippen molar-refractivity contribution >= 4 is 23.2 Å². The Kier molecular flexibility index (Phi) is 7.53.